The van der Waals surface area contributed by atoms with E-state index in [9.17, 15) is 22.8 Å². The van der Waals surface area contributed by atoms with Gasteiger partial charge in [-0.25, -0.2) is 4.98 Å². The van der Waals surface area contributed by atoms with Crippen LogP contribution in [-0.2, 0) is 13.2 Å². The molecule has 1 fully saturated rings. The van der Waals surface area contributed by atoms with Gasteiger partial charge in [0.25, 0.3) is 11.8 Å². The summed E-state index contributed by atoms with van der Waals surface area (Å²) >= 11 is 1.27. The number of nitrogens with zero attached hydrogens (tertiary/aromatic N) is 4. The van der Waals surface area contributed by atoms with Crippen molar-refractivity contribution in [1.29, 1.82) is 0 Å². The molecule has 0 atom stereocenters. The third-order valence-electron chi connectivity index (χ3n) is 6.27. The number of fused-ring (bicyclic) bond motifs is 1. The molecule has 0 saturated heterocycles. The number of hydrogen-bond donors (Lipinski definition) is 1. The van der Waals surface area contributed by atoms with Gasteiger partial charge in [0.15, 0.2) is 5.69 Å². The molecule has 1 aliphatic rings. The number of benzene rings is 2. The first kappa shape index (κ1) is 24.9. The molecule has 2 amide bonds. The third kappa shape index (κ3) is 5.08. The molecule has 7 nitrogen and oxygen atoms in total. The number of rotatable bonds is 7. The number of halogens is 3. The van der Waals surface area contributed by atoms with Crippen LogP contribution < -0.4 is 5.32 Å². The lowest BCUT2D eigenvalue weighted by atomic mass is 10.1. The van der Waals surface area contributed by atoms with Gasteiger partial charge >= 0.3 is 6.18 Å². The Bertz CT molecular complexity index is 1470. The average Bonchev–Trinajstić information content (AvgIpc) is 3.55. The minimum Gasteiger partial charge on any atom is -0.349 e. The van der Waals surface area contributed by atoms with Crippen LogP contribution in [0.1, 0.15) is 44.4 Å². The van der Waals surface area contributed by atoms with Crippen LogP contribution in [0.4, 0.5) is 13.2 Å². The summed E-state index contributed by atoms with van der Waals surface area (Å²) in [5.74, 6) is -0.616. The quantitative estimate of drug-likeness (QED) is 0.365. The molecule has 2 aromatic heterocycles. The van der Waals surface area contributed by atoms with Crippen LogP contribution in [0.2, 0.25) is 0 Å². The van der Waals surface area contributed by atoms with Crippen LogP contribution in [-0.4, -0.2) is 50.6 Å². The molecule has 0 aliphatic heterocycles. The summed E-state index contributed by atoms with van der Waals surface area (Å²) in [6.45, 7) is 2.27. The predicted octanol–water partition coefficient (Wildman–Crippen LogP) is 5.06. The largest absolute Gasteiger partial charge is 0.416 e. The highest BCUT2D eigenvalue weighted by Crippen LogP contribution is 2.36. The second-order valence-electron chi connectivity index (χ2n) is 8.96. The van der Waals surface area contributed by atoms with E-state index in [1.165, 1.54) is 23.5 Å². The lowest BCUT2D eigenvalue weighted by Crippen LogP contribution is -2.40. The Kier molecular flexibility index (Phi) is 6.49. The lowest BCUT2D eigenvalue weighted by molar-refractivity contribution is -0.137. The molecule has 0 unspecified atom stereocenters. The third-order valence-corrected chi connectivity index (χ3v) is 7.29. The van der Waals surface area contributed by atoms with Crippen molar-refractivity contribution in [3.05, 3.63) is 70.5 Å². The van der Waals surface area contributed by atoms with Crippen molar-refractivity contribution in [3.8, 4) is 10.4 Å². The molecule has 5 rings (SSSR count). The fourth-order valence-electron chi connectivity index (χ4n) is 4.31. The van der Waals surface area contributed by atoms with E-state index in [1.54, 1.807) is 23.6 Å². The first-order valence-electron chi connectivity index (χ1n) is 11.8. The van der Waals surface area contributed by atoms with Gasteiger partial charge in [0.05, 0.1) is 21.0 Å². The van der Waals surface area contributed by atoms with Crippen LogP contribution in [0.5, 0.6) is 0 Å². The molecule has 192 valence electrons. The molecule has 0 spiro atoms. The smallest absolute Gasteiger partial charge is 0.349 e. The van der Waals surface area contributed by atoms with Gasteiger partial charge in [-0.15, -0.1) is 11.3 Å². The van der Waals surface area contributed by atoms with Crippen LogP contribution in [0.15, 0.2) is 48.5 Å². The van der Waals surface area contributed by atoms with Gasteiger partial charge in [-0.1, -0.05) is 30.3 Å². The first-order valence-corrected chi connectivity index (χ1v) is 12.6. The van der Waals surface area contributed by atoms with Crippen molar-refractivity contribution in [3.63, 3.8) is 0 Å². The molecular formula is C26H24F3N5O2S. The molecule has 2 heterocycles. The van der Waals surface area contributed by atoms with Crippen molar-refractivity contribution < 1.29 is 22.8 Å². The van der Waals surface area contributed by atoms with E-state index in [-0.39, 0.29) is 36.6 Å². The Hall–Kier alpha value is -3.73. The van der Waals surface area contributed by atoms with E-state index in [0.717, 1.165) is 35.9 Å². The zero-order valence-electron chi connectivity index (χ0n) is 20.2. The second-order valence-corrected chi connectivity index (χ2v) is 10.2. The van der Waals surface area contributed by atoms with Gasteiger partial charge in [-0.2, -0.15) is 18.3 Å². The Morgan fingerprint density at radius 3 is 2.49 bits per heavy atom. The fourth-order valence-corrected chi connectivity index (χ4v) is 5.22. The van der Waals surface area contributed by atoms with Gasteiger partial charge in [0.2, 0.25) is 0 Å². The van der Waals surface area contributed by atoms with Crippen LogP contribution >= 0.6 is 11.3 Å². The highest BCUT2D eigenvalue weighted by Gasteiger charge is 2.35. The van der Waals surface area contributed by atoms with Crippen molar-refractivity contribution in [2.45, 2.75) is 32.0 Å². The maximum Gasteiger partial charge on any atom is 0.416 e. The topological polar surface area (TPSA) is 80.1 Å². The van der Waals surface area contributed by atoms with Gasteiger partial charge in [-0.05, 0) is 43.5 Å². The molecule has 1 N–H and O–H groups in total. The zero-order chi connectivity index (χ0) is 26.3. The summed E-state index contributed by atoms with van der Waals surface area (Å²) in [4.78, 5) is 33.0. The van der Waals surface area contributed by atoms with Crippen molar-refractivity contribution in [2.75, 3.05) is 13.1 Å². The number of thiazole rings is 1. The number of amides is 2. The molecule has 0 radical (unpaired) electrons. The van der Waals surface area contributed by atoms with Crippen LogP contribution in [0.3, 0.4) is 0 Å². The van der Waals surface area contributed by atoms with E-state index in [1.807, 2.05) is 24.3 Å². The van der Waals surface area contributed by atoms with Gasteiger partial charge in [0, 0.05) is 31.6 Å². The second kappa shape index (κ2) is 9.62. The predicted molar refractivity (Wildman–Crippen MR) is 134 cm³/mol. The molecule has 4 aromatic rings. The molecule has 11 heteroatoms. The number of aromatic nitrogens is 3. The highest BCUT2D eigenvalue weighted by atomic mass is 32.1. The molecule has 0 bridgehead atoms. The summed E-state index contributed by atoms with van der Waals surface area (Å²) in [5, 5.41) is 8.58. The van der Waals surface area contributed by atoms with Crippen LogP contribution in [0.25, 0.3) is 21.3 Å². The first-order chi connectivity index (χ1) is 17.6. The zero-order valence-corrected chi connectivity index (χ0v) is 21.0. The number of alkyl halides is 3. The van der Waals surface area contributed by atoms with E-state index in [0.29, 0.717) is 21.1 Å². The number of carbonyl (C=O) groups excluding carboxylic acids is 2. The Balaban J connectivity index is 1.31. The monoisotopic (exact) mass is 527 g/mol. The summed E-state index contributed by atoms with van der Waals surface area (Å²) in [5.41, 5.74) is 1.14. The maximum absolute atomic E-state index is 13.5. The molecule has 1 saturated carbocycles. The van der Waals surface area contributed by atoms with E-state index >= 15 is 0 Å². The highest BCUT2D eigenvalue weighted by molar-refractivity contribution is 7.15. The Morgan fingerprint density at radius 2 is 1.81 bits per heavy atom. The van der Waals surface area contributed by atoms with E-state index in [2.05, 4.69) is 15.4 Å². The average molecular weight is 528 g/mol. The molecule has 1 aliphatic carbocycles. The summed E-state index contributed by atoms with van der Waals surface area (Å²) in [6.07, 6.45) is -2.73. The van der Waals surface area contributed by atoms with Gasteiger partial charge in [0.1, 0.15) is 5.69 Å². The summed E-state index contributed by atoms with van der Waals surface area (Å²) in [7, 11) is 1.77. The SMILES string of the molecule is Cc1nc(C(=O)N(CCNC(=O)c2nn(C)c3ccccc23)C2CC2)c(-c2ccc(C(F)(F)F)cc2)s1. The Labute approximate surface area is 214 Å². The van der Waals surface area contributed by atoms with Gasteiger partial charge in [-0.3, -0.25) is 14.3 Å². The normalized spacial score (nSPS) is 13.6. The minimum absolute atomic E-state index is 0.0440. The maximum atomic E-state index is 13.5. The summed E-state index contributed by atoms with van der Waals surface area (Å²) < 4.78 is 40.6. The van der Waals surface area contributed by atoms with E-state index in [4.69, 9.17) is 0 Å². The number of aryl methyl sites for hydroxylation is 2. The number of para-hydroxylation sites is 1. The minimum atomic E-state index is -4.43. The fraction of sp³-hybridized carbons (Fsp3) is 0.308. The molecule has 2 aromatic carbocycles. The standard InChI is InChI=1S/C26H24F3N5O2S/c1-15-31-22(23(37-15)16-7-9-17(10-8-16)26(27,28)29)25(36)34(18-11-12-18)14-13-30-24(35)21-19-5-3-4-6-20(19)33(2)32-21/h3-10,18H,11-14H2,1-2H3,(H,30,35). The molecule has 37 heavy (non-hydrogen) atoms. The Morgan fingerprint density at radius 1 is 1.11 bits per heavy atom. The van der Waals surface area contributed by atoms with E-state index < -0.39 is 11.7 Å². The number of carbonyl (C=O) groups is 2. The molecular weight excluding hydrogens is 503 g/mol. The van der Waals surface area contributed by atoms with Crippen molar-refractivity contribution in [2.24, 2.45) is 7.05 Å². The van der Waals surface area contributed by atoms with Gasteiger partial charge < -0.3 is 10.2 Å². The summed E-state index contributed by atoms with van der Waals surface area (Å²) in [6, 6.07) is 12.2. The number of hydrogen-bond acceptors (Lipinski definition) is 5. The van der Waals surface area contributed by atoms with Crippen molar-refractivity contribution in [1.82, 2.24) is 25.0 Å². The van der Waals surface area contributed by atoms with Crippen LogP contribution in [0, 0.1) is 6.92 Å². The number of nitrogens with one attached hydrogen (secondary N) is 1. The lowest BCUT2D eigenvalue weighted by Gasteiger charge is -2.22. The van der Waals surface area contributed by atoms with Crippen molar-refractivity contribution >= 4 is 34.1 Å².